The molecular weight excluding hydrogens is 354 g/mol. The van der Waals surface area contributed by atoms with Gasteiger partial charge in [-0.15, -0.1) is 11.8 Å². The van der Waals surface area contributed by atoms with E-state index in [2.05, 4.69) is 5.32 Å². The fourth-order valence-electron chi connectivity index (χ4n) is 2.47. The van der Waals surface area contributed by atoms with Gasteiger partial charge in [0, 0.05) is 11.4 Å². The van der Waals surface area contributed by atoms with Crippen LogP contribution in [0.2, 0.25) is 0 Å². The number of rotatable bonds is 6. The second-order valence-electron chi connectivity index (χ2n) is 5.76. The number of fused-ring (bicyclic) bond motifs is 1. The van der Waals surface area contributed by atoms with Gasteiger partial charge in [0.2, 0.25) is 0 Å². The van der Waals surface area contributed by atoms with Crippen LogP contribution in [0.5, 0.6) is 11.5 Å². The van der Waals surface area contributed by atoms with Crippen LogP contribution in [-0.4, -0.2) is 35.4 Å². The number of benzene rings is 2. The maximum atomic E-state index is 12.6. The number of hydrogen-bond donors (Lipinski definition) is 2. The molecule has 0 aromatic heterocycles. The molecule has 0 saturated carbocycles. The van der Waals surface area contributed by atoms with E-state index in [-0.39, 0.29) is 5.91 Å². The smallest absolute Gasteiger partial charge is 0.316 e. The van der Waals surface area contributed by atoms with Crippen LogP contribution in [0.15, 0.2) is 47.4 Å². The summed E-state index contributed by atoms with van der Waals surface area (Å²) in [4.78, 5) is 24.3. The highest BCUT2D eigenvalue weighted by atomic mass is 32.2. The Hall–Kier alpha value is -2.67. The van der Waals surface area contributed by atoms with Gasteiger partial charge in [0.25, 0.3) is 5.91 Å². The average Bonchev–Trinajstić information content (AvgIpc) is 2.66. The maximum Gasteiger partial charge on any atom is 0.316 e. The third-order valence-corrected chi connectivity index (χ3v) is 5.01. The molecule has 1 aliphatic rings. The van der Waals surface area contributed by atoms with E-state index in [4.69, 9.17) is 14.6 Å². The van der Waals surface area contributed by atoms with E-state index in [1.54, 1.807) is 31.2 Å². The second-order valence-corrected chi connectivity index (χ2v) is 7.14. The number of aliphatic carboxylic acids is 1. The lowest BCUT2D eigenvalue weighted by molar-refractivity contribution is -0.136. The van der Waals surface area contributed by atoms with Crippen molar-refractivity contribution < 1.29 is 24.2 Å². The molecule has 1 amide bonds. The van der Waals surface area contributed by atoms with Gasteiger partial charge in [-0.05, 0) is 36.8 Å². The molecule has 26 heavy (non-hydrogen) atoms. The number of thioether (sulfide) groups is 1. The molecular formula is C19H19NO5S. The predicted octanol–water partition coefficient (Wildman–Crippen LogP) is 2.95. The van der Waals surface area contributed by atoms with Crippen molar-refractivity contribution in [3.05, 3.63) is 53.6 Å². The largest absolute Gasteiger partial charge is 0.486 e. The second kappa shape index (κ2) is 8.14. The highest BCUT2D eigenvalue weighted by molar-refractivity contribution is 8.00. The fraction of sp³-hybridized carbons (Fsp3) is 0.263. The van der Waals surface area contributed by atoms with Crippen LogP contribution < -0.4 is 14.8 Å². The third-order valence-electron chi connectivity index (χ3n) is 3.84. The Balaban J connectivity index is 1.68. The van der Waals surface area contributed by atoms with Gasteiger partial charge in [-0.3, -0.25) is 9.59 Å². The monoisotopic (exact) mass is 373 g/mol. The zero-order valence-electron chi connectivity index (χ0n) is 14.2. The van der Waals surface area contributed by atoms with Crippen LogP contribution in [0.25, 0.3) is 0 Å². The van der Waals surface area contributed by atoms with Crippen LogP contribution in [0.4, 0.5) is 0 Å². The van der Waals surface area contributed by atoms with Crippen LogP contribution >= 0.6 is 11.8 Å². The van der Waals surface area contributed by atoms with Gasteiger partial charge in [-0.1, -0.05) is 18.2 Å². The molecule has 0 saturated heterocycles. The number of nitrogens with one attached hydrogen (secondary N) is 1. The van der Waals surface area contributed by atoms with E-state index in [0.29, 0.717) is 41.7 Å². The minimum absolute atomic E-state index is 0.249. The first-order valence-electron chi connectivity index (χ1n) is 8.20. The van der Waals surface area contributed by atoms with Crippen molar-refractivity contribution >= 4 is 23.6 Å². The molecule has 0 bridgehead atoms. The minimum Gasteiger partial charge on any atom is -0.486 e. The van der Waals surface area contributed by atoms with Gasteiger partial charge in [-0.25, -0.2) is 0 Å². The number of carboxylic acids is 1. The molecule has 0 spiro atoms. The molecule has 1 aliphatic heterocycles. The lowest BCUT2D eigenvalue weighted by Crippen LogP contribution is -2.24. The molecule has 0 aliphatic carbocycles. The summed E-state index contributed by atoms with van der Waals surface area (Å²) in [6.45, 7) is 2.97. The number of hydrogen-bond acceptors (Lipinski definition) is 5. The molecule has 0 radical (unpaired) electrons. The van der Waals surface area contributed by atoms with E-state index in [0.717, 1.165) is 17.3 Å². The lowest BCUT2D eigenvalue weighted by Gasteiger charge is -2.19. The van der Waals surface area contributed by atoms with Gasteiger partial charge in [0.15, 0.2) is 11.5 Å². The van der Waals surface area contributed by atoms with Crippen molar-refractivity contribution in [3.63, 3.8) is 0 Å². The zero-order chi connectivity index (χ0) is 18.5. The Labute approximate surface area is 155 Å². The fourth-order valence-corrected chi connectivity index (χ4v) is 3.40. The molecule has 3 rings (SSSR count). The molecule has 136 valence electrons. The zero-order valence-corrected chi connectivity index (χ0v) is 15.0. The highest BCUT2D eigenvalue weighted by Gasteiger charge is 2.18. The number of carbonyl (C=O) groups excluding carboxylic acids is 1. The summed E-state index contributed by atoms with van der Waals surface area (Å²) >= 11 is 1.15. The van der Waals surface area contributed by atoms with E-state index >= 15 is 0 Å². The number of carbonyl (C=O) groups is 2. The third kappa shape index (κ3) is 4.29. The molecule has 2 aromatic rings. The van der Waals surface area contributed by atoms with Gasteiger partial charge < -0.3 is 19.9 Å². The quantitative estimate of drug-likeness (QED) is 0.758. The molecule has 1 heterocycles. The summed E-state index contributed by atoms with van der Waals surface area (Å²) in [5.74, 6) is 0.215. The van der Waals surface area contributed by atoms with Gasteiger partial charge in [0.1, 0.15) is 18.5 Å². The Kier molecular flexibility index (Phi) is 5.68. The number of carboxylic acid groups (broad SMARTS) is 1. The van der Waals surface area contributed by atoms with Crippen LogP contribution in [0, 0.1) is 0 Å². The Morgan fingerprint density at radius 2 is 1.88 bits per heavy atom. The highest BCUT2D eigenvalue weighted by Crippen LogP contribution is 2.31. The minimum atomic E-state index is -0.915. The Morgan fingerprint density at radius 3 is 2.65 bits per heavy atom. The maximum absolute atomic E-state index is 12.6. The van der Waals surface area contributed by atoms with Gasteiger partial charge in [-0.2, -0.15) is 0 Å². The van der Waals surface area contributed by atoms with Crippen molar-refractivity contribution in [2.75, 3.05) is 13.2 Å². The first kappa shape index (κ1) is 18.1. The Bertz CT molecular complexity index is 823. The van der Waals surface area contributed by atoms with Crippen molar-refractivity contribution in [2.45, 2.75) is 23.6 Å². The van der Waals surface area contributed by atoms with E-state index in [9.17, 15) is 9.59 Å². The van der Waals surface area contributed by atoms with Crippen molar-refractivity contribution in [3.8, 4) is 11.5 Å². The molecule has 1 atom stereocenters. The standard InChI is InChI=1S/C19H19NO5S/c1-12(19(22)23)26-17-5-3-2-4-14(17)18(21)20-11-13-6-7-15-16(10-13)25-9-8-24-15/h2-7,10,12H,8-9,11H2,1H3,(H,20,21)(H,22,23). The van der Waals surface area contributed by atoms with Crippen molar-refractivity contribution in [1.82, 2.24) is 5.32 Å². The number of ether oxygens (including phenoxy) is 2. The molecule has 0 fully saturated rings. The van der Waals surface area contributed by atoms with Crippen LogP contribution in [0.3, 0.4) is 0 Å². The van der Waals surface area contributed by atoms with Crippen LogP contribution in [0.1, 0.15) is 22.8 Å². The summed E-state index contributed by atoms with van der Waals surface area (Å²) in [5, 5.41) is 11.3. The molecule has 2 N–H and O–H groups in total. The van der Waals surface area contributed by atoms with Crippen molar-refractivity contribution in [2.24, 2.45) is 0 Å². The summed E-state index contributed by atoms with van der Waals surface area (Å²) in [7, 11) is 0. The number of amides is 1. The van der Waals surface area contributed by atoms with E-state index in [1.165, 1.54) is 0 Å². The average molecular weight is 373 g/mol. The van der Waals surface area contributed by atoms with Crippen LogP contribution in [-0.2, 0) is 11.3 Å². The molecule has 1 unspecified atom stereocenters. The Morgan fingerprint density at radius 1 is 1.15 bits per heavy atom. The predicted molar refractivity (Wildman–Crippen MR) is 98.0 cm³/mol. The van der Waals surface area contributed by atoms with E-state index < -0.39 is 11.2 Å². The normalized spacial score (nSPS) is 13.7. The molecule has 2 aromatic carbocycles. The SMILES string of the molecule is CC(Sc1ccccc1C(=O)NCc1ccc2c(c1)OCCO2)C(=O)O. The summed E-state index contributed by atoms with van der Waals surface area (Å²) < 4.78 is 11.0. The molecule has 7 heteroatoms. The summed E-state index contributed by atoms with van der Waals surface area (Å²) in [5.41, 5.74) is 1.36. The molecule has 6 nitrogen and oxygen atoms in total. The van der Waals surface area contributed by atoms with Gasteiger partial charge in [0.05, 0.1) is 5.56 Å². The van der Waals surface area contributed by atoms with E-state index in [1.807, 2.05) is 18.2 Å². The lowest BCUT2D eigenvalue weighted by atomic mass is 10.1. The first-order chi connectivity index (χ1) is 12.5. The topological polar surface area (TPSA) is 84.9 Å². The van der Waals surface area contributed by atoms with Crippen molar-refractivity contribution in [1.29, 1.82) is 0 Å². The summed E-state index contributed by atoms with van der Waals surface area (Å²) in [6, 6.07) is 12.5. The van der Waals surface area contributed by atoms with Gasteiger partial charge >= 0.3 is 5.97 Å². The summed E-state index contributed by atoms with van der Waals surface area (Å²) in [6.07, 6.45) is 0. The first-order valence-corrected chi connectivity index (χ1v) is 9.08.